The largest absolute Gasteiger partial charge is 0.444 e. The molecule has 0 spiro atoms. The van der Waals surface area contributed by atoms with Gasteiger partial charge in [-0.1, -0.05) is 38.5 Å². The van der Waals surface area contributed by atoms with E-state index in [1.807, 2.05) is 27.7 Å². The number of nitrogens with zero attached hydrogens (tertiary/aromatic N) is 1. The minimum atomic E-state index is -3.78. The van der Waals surface area contributed by atoms with E-state index in [0.717, 1.165) is 5.56 Å². The second-order valence-corrected chi connectivity index (χ2v) is 12.7. The Labute approximate surface area is 217 Å². The zero-order valence-corrected chi connectivity index (χ0v) is 23.7. The number of nitrogens with one attached hydrogen (secondary N) is 2. The summed E-state index contributed by atoms with van der Waals surface area (Å²) in [6, 6.07) is 6.17. The summed E-state index contributed by atoms with van der Waals surface area (Å²) < 4.78 is 33.5. The first-order chi connectivity index (χ1) is 16.7. The lowest BCUT2D eigenvalue weighted by Crippen LogP contribution is -2.44. The fourth-order valence-electron chi connectivity index (χ4n) is 3.58. The Morgan fingerprint density at radius 2 is 1.67 bits per heavy atom. The second-order valence-electron chi connectivity index (χ2n) is 10.8. The van der Waals surface area contributed by atoms with E-state index < -0.39 is 27.8 Å². The van der Waals surface area contributed by atoms with Gasteiger partial charge >= 0.3 is 6.09 Å². The van der Waals surface area contributed by atoms with Crippen LogP contribution in [-0.2, 0) is 19.6 Å². The van der Waals surface area contributed by atoms with E-state index in [-0.39, 0.29) is 29.9 Å². The number of hydrogen-bond donors (Lipinski definition) is 3. The molecule has 1 aromatic rings. The average molecular weight is 528 g/mol. The van der Waals surface area contributed by atoms with Crippen LogP contribution in [0.2, 0.25) is 0 Å². The first kappa shape index (κ1) is 31.9. The molecule has 2 amide bonds. The van der Waals surface area contributed by atoms with Gasteiger partial charge in [-0.2, -0.15) is 4.31 Å². The van der Waals surface area contributed by atoms with Crippen LogP contribution in [-0.4, -0.2) is 67.7 Å². The number of benzene rings is 1. The Morgan fingerprint density at radius 3 is 2.19 bits per heavy atom. The molecule has 0 fully saturated rings. The van der Waals surface area contributed by atoms with Gasteiger partial charge in [0.05, 0.1) is 18.0 Å². The van der Waals surface area contributed by atoms with Crippen molar-refractivity contribution >= 4 is 22.0 Å². The van der Waals surface area contributed by atoms with Crippen molar-refractivity contribution in [2.75, 3.05) is 26.2 Å². The summed E-state index contributed by atoms with van der Waals surface area (Å²) in [4.78, 5) is 23.9. The highest BCUT2D eigenvalue weighted by Gasteiger charge is 2.32. The van der Waals surface area contributed by atoms with Crippen LogP contribution in [0.1, 0.15) is 66.4 Å². The Morgan fingerprint density at radius 1 is 1.06 bits per heavy atom. The van der Waals surface area contributed by atoms with Crippen LogP contribution in [0, 0.1) is 18.8 Å². The molecule has 1 unspecified atom stereocenters. The van der Waals surface area contributed by atoms with Gasteiger partial charge in [-0.3, -0.25) is 4.79 Å². The molecule has 0 aliphatic carbocycles. The SMILES string of the molecule is Cc1ccc(S(=O)(=O)N(CCC(C)C)[C@H](CO)CC(C)CCNC(=O)CNC(=O)OC(C)(C)C)cc1. The molecule has 0 aliphatic rings. The smallest absolute Gasteiger partial charge is 0.408 e. The van der Waals surface area contributed by atoms with Gasteiger partial charge in [-0.05, 0) is 70.9 Å². The van der Waals surface area contributed by atoms with Crippen LogP contribution in [0.5, 0.6) is 0 Å². The van der Waals surface area contributed by atoms with Gasteiger partial charge in [0.2, 0.25) is 15.9 Å². The number of aryl methyl sites for hydroxylation is 1. The van der Waals surface area contributed by atoms with Crippen LogP contribution < -0.4 is 10.6 Å². The Bertz CT molecular complexity index is 926. The lowest BCUT2D eigenvalue weighted by molar-refractivity contribution is -0.120. The molecule has 1 aromatic carbocycles. The number of aliphatic hydroxyl groups excluding tert-OH is 1. The van der Waals surface area contributed by atoms with Crippen molar-refractivity contribution in [1.82, 2.24) is 14.9 Å². The van der Waals surface area contributed by atoms with Crippen LogP contribution in [0.15, 0.2) is 29.2 Å². The topological polar surface area (TPSA) is 125 Å². The van der Waals surface area contributed by atoms with E-state index in [1.54, 1.807) is 45.0 Å². The molecule has 0 heterocycles. The first-order valence-corrected chi connectivity index (χ1v) is 14.0. The number of carbonyl (C=O) groups excluding carboxylic acids is 2. The summed E-state index contributed by atoms with van der Waals surface area (Å²) >= 11 is 0. The number of hydrogen-bond acceptors (Lipinski definition) is 6. The zero-order chi connectivity index (χ0) is 27.5. The van der Waals surface area contributed by atoms with E-state index in [0.29, 0.717) is 38.3 Å². The highest BCUT2D eigenvalue weighted by Crippen LogP contribution is 2.24. The van der Waals surface area contributed by atoms with E-state index in [9.17, 15) is 23.1 Å². The molecule has 1 rings (SSSR count). The molecule has 0 aliphatic heterocycles. The van der Waals surface area contributed by atoms with Gasteiger partial charge < -0.3 is 20.5 Å². The van der Waals surface area contributed by atoms with Gasteiger partial charge in [0.25, 0.3) is 0 Å². The molecule has 3 N–H and O–H groups in total. The minimum Gasteiger partial charge on any atom is -0.444 e. The van der Waals surface area contributed by atoms with Gasteiger partial charge in [0, 0.05) is 19.1 Å². The molecule has 0 saturated heterocycles. The summed E-state index contributed by atoms with van der Waals surface area (Å²) in [6.45, 7) is 13.4. The van der Waals surface area contributed by atoms with Crippen LogP contribution in [0.25, 0.3) is 0 Å². The van der Waals surface area contributed by atoms with Crippen molar-refractivity contribution in [3.8, 4) is 0 Å². The van der Waals surface area contributed by atoms with Crippen LogP contribution >= 0.6 is 0 Å². The first-order valence-electron chi connectivity index (χ1n) is 12.6. The van der Waals surface area contributed by atoms with Gasteiger partial charge in [0.15, 0.2) is 0 Å². The fraction of sp³-hybridized carbons (Fsp3) is 0.692. The molecular formula is C26H45N3O6S. The third-order valence-corrected chi connectivity index (χ3v) is 7.56. The number of aliphatic hydroxyl groups is 1. The maximum absolute atomic E-state index is 13.5. The number of alkyl carbamates (subject to hydrolysis) is 1. The quantitative estimate of drug-likeness (QED) is 0.340. The lowest BCUT2D eigenvalue weighted by Gasteiger charge is -2.32. The van der Waals surface area contributed by atoms with Crippen molar-refractivity contribution < 1.29 is 27.9 Å². The molecule has 2 atom stereocenters. The summed E-state index contributed by atoms with van der Waals surface area (Å²) in [7, 11) is -3.78. The monoisotopic (exact) mass is 527 g/mol. The minimum absolute atomic E-state index is 0.0380. The third kappa shape index (κ3) is 11.7. The highest BCUT2D eigenvalue weighted by molar-refractivity contribution is 7.89. The van der Waals surface area contributed by atoms with E-state index in [4.69, 9.17) is 4.74 Å². The van der Waals surface area contributed by atoms with Crippen molar-refractivity contribution in [1.29, 1.82) is 0 Å². The number of carbonyl (C=O) groups is 2. The van der Waals surface area contributed by atoms with E-state index in [1.165, 1.54) is 4.31 Å². The second kappa shape index (κ2) is 14.5. The maximum Gasteiger partial charge on any atom is 0.408 e. The van der Waals surface area contributed by atoms with Crippen molar-refractivity contribution in [3.63, 3.8) is 0 Å². The van der Waals surface area contributed by atoms with Crippen LogP contribution in [0.3, 0.4) is 0 Å². The Hall–Kier alpha value is -2.17. The average Bonchev–Trinajstić information content (AvgIpc) is 2.75. The highest BCUT2D eigenvalue weighted by atomic mass is 32.2. The molecule has 36 heavy (non-hydrogen) atoms. The molecule has 206 valence electrons. The number of ether oxygens (including phenoxy) is 1. The standard InChI is InChI=1S/C26H45N3O6S/c1-19(2)13-15-29(36(33,34)23-10-8-20(3)9-11-23)22(18-30)16-21(4)12-14-27-24(31)17-28-25(32)35-26(5,6)7/h8-11,19,21-22,30H,12-18H2,1-7H3,(H,27,31)(H,28,32)/t21?,22-/m0/s1. The number of sulfonamides is 1. The van der Waals surface area contributed by atoms with Gasteiger partial charge in [-0.15, -0.1) is 0 Å². The van der Waals surface area contributed by atoms with Gasteiger partial charge in [0.1, 0.15) is 5.60 Å². The van der Waals surface area contributed by atoms with Gasteiger partial charge in [-0.25, -0.2) is 13.2 Å². The fourth-order valence-corrected chi connectivity index (χ4v) is 5.22. The normalized spacial score (nSPS) is 13.9. The molecule has 9 nitrogen and oxygen atoms in total. The van der Waals surface area contributed by atoms with Crippen LogP contribution in [0.4, 0.5) is 4.79 Å². The molecular weight excluding hydrogens is 482 g/mol. The van der Waals surface area contributed by atoms with E-state index >= 15 is 0 Å². The number of rotatable bonds is 14. The molecule has 10 heteroatoms. The Kier molecular flexibility index (Phi) is 12.9. The predicted octanol–water partition coefficient (Wildman–Crippen LogP) is 3.45. The van der Waals surface area contributed by atoms with Crippen molar-refractivity contribution in [3.05, 3.63) is 29.8 Å². The van der Waals surface area contributed by atoms with Crippen molar-refractivity contribution in [2.45, 2.75) is 84.3 Å². The maximum atomic E-state index is 13.5. The summed E-state index contributed by atoms with van der Waals surface area (Å²) in [5.41, 5.74) is 0.327. The predicted molar refractivity (Wildman–Crippen MR) is 141 cm³/mol. The van der Waals surface area contributed by atoms with Crippen molar-refractivity contribution in [2.24, 2.45) is 11.8 Å². The Balaban J connectivity index is 2.72. The summed E-state index contributed by atoms with van der Waals surface area (Å²) in [5.74, 6) is 0.00490. The molecule has 0 saturated carbocycles. The third-order valence-electron chi connectivity index (χ3n) is 5.60. The molecule has 0 radical (unpaired) electrons. The molecule has 0 bridgehead atoms. The lowest BCUT2D eigenvalue weighted by atomic mass is 9.98. The summed E-state index contributed by atoms with van der Waals surface area (Å²) in [6.07, 6.45) is 1.06. The summed E-state index contributed by atoms with van der Waals surface area (Å²) in [5, 5.41) is 15.3. The molecule has 0 aromatic heterocycles. The van der Waals surface area contributed by atoms with E-state index in [2.05, 4.69) is 10.6 Å². The zero-order valence-electron chi connectivity index (χ0n) is 22.8. The number of amides is 2.